The molecule has 0 atom stereocenters. The number of hydrogen-bond donors (Lipinski definition) is 2. The minimum absolute atomic E-state index is 0.0216. The number of carbonyl (C=O) groups is 1. The van der Waals surface area contributed by atoms with E-state index < -0.39 is 0 Å². The van der Waals surface area contributed by atoms with E-state index >= 15 is 0 Å². The highest BCUT2D eigenvalue weighted by Gasteiger charge is 2.19. The molecule has 0 saturated carbocycles. The Bertz CT molecular complexity index is 680. The zero-order valence-electron chi connectivity index (χ0n) is 11.9. The zero-order valence-corrected chi connectivity index (χ0v) is 12.6. The van der Waals surface area contributed by atoms with Gasteiger partial charge in [-0.25, -0.2) is 0 Å². The Hall–Kier alpha value is -2.00. The smallest absolute Gasteiger partial charge is 0.228 e. The van der Waals surface area contributed by atoms with Gasteiger partial charge in [-0.05, 0) is 35.2 Å². The molecule has 2 aromatic carbocycles. The molecule has 3 nitrogen and oxygen atoms in total. The van der Waals surface area contributed by atoms with Gasteiger partial charge in [-0.2, -0.15) is 0 Å². The van der Waals surface area contributed by atoms with Gasteiger partial charge in [0.1, 0.15) is 0 Å². The highest BCUT2D eigenvalue weighted by Crippen LogP contribution is 2.33. The molecule has 2 aromatic rings. The summed E-state index contributed by atoms with van der Waals surface area (Å²) < 4.78 is 0. The largest absolute Gasteiger partial charge is 0.380 e. The molecule has 1 heterocycles. The van der Waals surface area contributed by atoms with Crippen LogP contribution >= 0.6 is 11.6 Å². The normalized spacial score (nSPS) is 13.0. The monoisotopic (exact) mass is 300 g/mol. The van der Waals surface area contributed by atoms with Crippen molar-refractivity contribution in [3.05, 3.63) is 58.1 Å². The second-order valence-corrected chi connectivity index (χ2v) is 5.64. The van der Waals surface area contributed by atoms with Gasteiger partial charge in [0.15, 0.2) is 0 Å². The van der Waals surface area contributed by atoms with Gasteiger partial charge in [0.05, 0.1) is 17.1 Å². The lowest BCUT2D eigenvalue weighted by molar-refractivity contribution is -0.115. The van der Waals surface area contributed by atoms with Crippen LogP contribution in [0.15, 0.2) is 36.4 Å². The summed E-state index contributed by atoms with van der Waals surface area (Å²) in [5.74, 6) is 0.0216. The van der Waals surface area contributed by atoms with E-state index in [0.717, 1.165) is 23.4 Å². The van der Waals surface area contributed by atoms with Crippen molar-refractivity contribution in [1.82, 2.24) is 0 Å². The van der Waals surface area contributed by atoms with Crippen LogP contribution in [0, 0.1) is 0 Å². The Morgan fingerprint density at radius 2 is 1.90 bits per heavy atom. The molecule has 0 aliphatic carbocycles. The fourth-order valence-electron chi connectivity index (χ4n) is 2.47. The Balaban J connectivity index is 1.73. The summed E-state index contributed by atoms with van der Waals surface area (Å²) in [4.78, 5) is 11.4. The summed E-state index contributed by atoms with van der Waals surface area (Å²) in [6.45, 7) is 2.86. The van der Waals surface area contributed by atoms with Gasteiger partial charge >= 0.3 is 0 Å². The summed E-state index contributed by atoms with van der Waals surface area (Å²) >= 11 is 6.26. The SMILES string of the molecule is CCc1ccc(CNc2cc3c(cc2Cl)NC(=O)C3)cc1. The van der Waals surface area contributed by atoms with Gasteiger partial charge in [0.25, 0.3) is 0 Å². The predicted octanol–water partition coefficient (Wildman–Crippen LogP) is 4.01. The van der Waals surface area contributed by atoms with E-state index in [9.17, 15) is 4.79 Å². The minimum Gasteiger partial charge on any atom is -0.380 e. The summed E-state index contributed by atoms with van der Waals surface area (Å²) in [6, 6.07) is 12.3. The lowest BCUT2D eigenvalue weighted by Crippen LogP contribution is -2.03. The van der Waals surface area contributed by atoms with Crippen LogP contribution in [0.1, 0.15) is 23.6 Å². The van der Waals surface area contributed by atoms with Crippen molar-refractivity contribution in [1.29, 1.82) is 0 Å². The maximum Gasteiger partial charge on any atom is 0.228 e. The van der Waals surface area contributed by atoms with Gasteiger partial charge in [0.2, 0.25) is 5.91 Å². The molecule has 1 amide bonds. The van der Waals surface area contributed by atoms with Gasteiger partial charge in [-0.15, -0.1) is 0 Å². The second-order valence-electron chi connectivity index (χ2n) is 5.24. The van der Waals surface area contributed by atoms with Gasteiger partial charge in [-0.1, -0.05) is 42.8 Å². The number of rotatable bonds is 4. The van der Waals surface area contributed by atoms with Crippen LogP contribution in [-0.4, -0.2) is 5.91 Å². The Labute approximate surface area is 129 Å². The molecule has 0 spiro atoms. The summed E-state index contributed by atoms with van der Waals surface area (Å²) in [7, 11) is 0. The van der Waals surface area contributed by atoms with E-state index in [2.05, 4.69) is 41.8 Å². The molecule has 0 aromatic heterocycles. The molecule has 21 heavy (non-hydrogen) atoms. The van der Waals surface area contributed by atoms with Crippen molar-refractivity contribution in [3.8, 4) is 0 Å². The van der Waals surface area contributed by atoms with Crippen LogP contribution in [0.2, 0.25) is 5.02 Å². The molecule has 0 bridgehead atoms. The van der Waals surface area contributed by atoms with E-state index in [4.69, 9.17) is 11.6 Å². The van der Waals surface area contributed by atoms with E-state index in [1.165, 1.54) is 11.1 Å². The number of nitrogens with one attached hydrogen (secondary N) is 2. The first-order valence-corrected chi connectivity index (χ1v) is 7.47. The maximum atomic E-state index is 11.4. The average molecular weight is 301 g/mol. The molecule has 0 radical (unpaired) electrons. The van der Waals surface area contributed by atoms with Gasteiger partial charge in [-0.3, -0.25) is 4.79 Å². The fourth-order valence-corrected chi connectivity index (χ4v) is 2.70. The first kappa shape index (κ1) is 14.0. The summed E-state index contributed by atoms with van der Waals surface area (Å²) in [6.07, 6.45) is 1.47. The predicted molar refractivity (Wildman–Crippen MR) is 86.9 cm³/mol. The lowest BCUT2D eigenvalue weighted by Gasteiger charge is -2.11. The van der Waals surface area contributed by atoms with E-state index in [-0.39, 0.29) is 5.91 Å². The number of benzene rings is 2. The van der Waals surface area contributed by atoms with Crippen LogP contribution in [0.3, 0.4) is 0 Å². The molecule has 4 heteroatoms. The highest BCUT2D eigenvalue weighted by molar-refractivity contribution is 6.33. The number of amides is 1. The molecular formula is C17H17ClN2O. The number of carbonyl (C=O) groups excluding carboxylic acids is 1. The maximum absolute atomic E-state index is 11.4. The third-order valence-corrected chi connectivity index (χ3v) is 4.04. The first-order valence-electron chi connectivity index (χ1n) is 7.09. The standard InChI is InChI=1S/C17H17ClN2O/c1-2-11-3-5-12(6-4-11)10-19-16-7-13-8-17(21)20-15(13)9-14(16)18/h3-7,9,19H,2,8,10H2,1H3,(H,20,21). The van der Waals surface area contributed by atoms with Crippen LogP contribution in [0.4, 0.5) is 11.4 Å². The van der Waals surface area contributed by atoms with Crippen LogP contribution in [-0.2, 0) is 24.2 Å². The van der Waals surface area contributed by atoms with Crippen LogP contribution in [0.5, 0.6) is 0 Å². The summed E-state index contributed by atoms with van der Waals surface area (Å²) in [5, 5.41) is 6.77. The number of fused-ring (bicyclic) bond motifs is 1. The Morgan fingerprint density at radius 1 is 1.19 bits per heavy atom. The lowest BCUT2D eigenvalue weighted by atomic mass is 10.1. The molecule has 108 valence electrons. The van der Waals surface area contributed by atoms with Crippen LogP contribution < -0.4 is 10.6 Å². The van der Waals surface area contributed by atoms with E-state index in [0.29, 0.717) is 18.0 Å². The molecule has 2 N–H and O–H groups in total. The highest BCUT2D eigenvalue weighted by atomic mass is 35.5. The first-order chi connectivity index (χ1) is 10.2. The third-order valence-electron chi connectivity index (χ3n) is 3.73. The minimum atomic E-state index is 0.0216. The van der Waals surface area contributed by atoms with E-state index in [1.807, 2.05) is 12.1 Å². The third kappa shape index (κ3) is 3.03. The Morgan fingerprint density at radius 3 is 2.62 bits per heavy atom. The number of halogens is 1. The fraction of sp³-hybridized carbons (Fsp3) is 0.235. The molecule has 0 fully saturated rings. The molecule has 1 aliphatic heterocycles. The number of anilines is 2. The number of aryl methyl sites for hydroxylation is 1. The van der Waals surface area contributed by atoms with Crippen molar-refractivity contribution in [2.24, 2.45) is 0 Å². The zero-order chi connectivity index (χ0) is 14.8. The van der Waals surface area contributed by atoms with Gasteiger partial charge in [0, 0.05) is 12.2 Å². The summed E-state index contributed by atoms with van der Waals surface area (Å²) in [5.41, 5.74) is 5.22. The number of hydrogen-bond acceptors (Lipinski definition) is 2. The molecule has 1 aliphatic rings. The average Bonchev–Trinajstić information content (AvgIpc) is 2.84. The van der Waals surface area contributed by atoms with Crippen molar-refractivity contribution in [3.63, 3.8) is 0 Å². The van der Waals surface area contributed by atoms with Crippen molar-refractivity contribution in [2.45, 2.75) is 26.3 Å². The second kappa shape index (κ2) is 5.78. The molecular weight excluding hydrogens is 284 g/mol. The molecule has 0 saturated heterocycles. The molecule has 3 rings (SSSR count). The Kier molecular flexibility index (Phi) is 3.84. The van der Waals surface area contributed by atoms with Crippen LogP contribution in [0.25, 0.3) is 0 Å². The molecule has 0 unspecified atom stereocenters. The quantitative estimate of drug-likeness (QED) is 0.896. The van der Waals surface area contributed by atoms with Crippen molar-refractivity contribution in [2.75, 3.05) is 10.6 Å². The van der Waals surface area contributed by atoms with E-state index in [1.54, 1.807) is 0 Å². The topological polar surface area (TPSA) is 41.1 Å². The van der Waals surface area contributed by atoms with Crippen molar-refractivity contribution < 1.29 is 4.79 Å². The van der Waals surface area contributed by atoms with Crippen molar-refractivity contribution >= 4 is 28.9 Å². The van der Waals surface area contributed by atoms with Gasteiger partial charge < -0.3 is 10.6 Å².